The lowest BCUT2D eigenvalue weighted by atomic mass is 10.1. The van der Waals surface area contributed by atoms with Crippen molar-refractivity contribution < 1.29 is 4.79 Å². The highest BCUT2D eigenvalue weighted by Crippen LogP contribution is 2.38. The van der Waals surface area contributed by atoms with Gasteiger partial charge in [-0.15, -0.1) is 0 Å². The molecule has 1 aliphatic heterocycles. The zero-order valence-corrected chi connectivity index (χ0v) is 12.5. The molecule has 2 amide bonds. The summed E-state index contributed by atoms with van der Waals surface area (Å²) in [5.41, 5.74) is 0.649. The molecule has 1 aliphatic carbocycles. The normalized spacial score (nSPS) is 25.4. The van der Waals surface area contributed by atoms with E-state index in [9.17, 15) is 4.79 Å². The third kappa shape index (κ3) is 3.42. The van der Waals surface area contributed by atoms with Crippen LogP contribution in [0, 0.1) is 0 Å². The summed E-state index contributed by atoms with van der Waals surface area (Å²) < 4.78 is 0.184. The van der Waals surface area contributed by atoms with Gasteiger partial charge >= 0.3 is 6.03 Å². The van der Waals surface area contributed by atoms with E-state index in [1.165, 1.54) is 25.0 Å². The number of urea groups is 1. The smallest absolute Gasteiger partial charge is 0.319 e. The zero-order valence-electron chi connectivity index (χ0n) is 11.7. The third-order valence-corrected chi connectivity index (χ3v) is 5.33. The number of hydrogen-bond acceptors (Lipinski definition) is 4. The molecule has 1 atom stereocenters. The molecule has 1 aromatic rings. The number of carbonyl (C=O) groups excluding carboxylic acids is 1. The molecule has 1 aromatic heterocycles. The van der Waals surface area contributed by atoms with Crippen molar-refractivity contribution in [3.8, 4) is 0 Å². The molecule has 5 nitrogen and oxygen atoms in total. The van der Waals surface area contributed by atoms with Crippen LogP contribution in [0.1, 0.15) is 44.3 Å². The lowest BCUT2D eigenvalue weighted by molar-refractivity contribution is 0.251. The topological polar surface area (TPSA) is 66.9 Å². The fourth-order valence-electron chi connectivity index (χ4n) is 2.37. The van der Waals surface area contributed by atoms with E-state index in [0.29, 0.717) is 18.2 Å². The van der Waals surface area contributed by atoms with E-state index in [1.807, 2.05) is 11.8 Å². The van der Waals surface area contributed by atoms with Gasteiger partial charge in [-0.25, -0.2) is 14.8 Å². The van der Waals surface area contributed by atoms with E-state index in [0.717, 1.165) is 12.2 Å². The largest absolute Gasteiger partial charge is 0.336 e. The summed E-state index contributed by atoms with van der Waals surface area (Å²) in [6, 6.07) is -0.179. The minimum atomic E-state index is -0.179. The van der Waals surface area contributed by atoms with Crippen molar-refractivity contribution in [1.82, 2.24) is 15.3 Å². The molecule has 0 unspecified atom stereocenters. The fraction of sp³-hybridized carbons (Fsp3) is 0.643. The van der Waals surface area contributed by atoms with Crippen LogP contribution >= 0.6 is 11.8 Å². The van der Waals surface area contributed by atoms with E-state index < -0.39 is 0 Å². The van der Waals surface area contributed by atoms with Gasteiger partial charge in [0.15, 0.2) is 0 Å². The van der Waals surface area contributed by atoms with Crippen molar-refractivity contribution in [2.24, 2.45) is 0 Å². The number of aromatic nitrogens is 2. The van der Waals surface area contributed by atoms with E-state index >= 15 is 0 Å². The van der Waals surface area contributed by atoms with Gasteiger partial charge in [0, 0.05) is 17.2 Å². The Morgan fingerprint density at radius 1 is 1.45 bits per heavy atom. The van der Waals surface area contributed by atoms with Crippen LogP contribution in [0.2, 0.25) is 0 Å². The zero-order chi connectivity index (χ0) is 14.0. The quantitative estimate of drug-likeness (QED) is 0.895. The monoisotopic (exact) mass is 292 g/mol. The lowest BCUT2D eigenvalue weighted by Gasteiger charge is -2.22. The van der Waals surface area contributed by atoms with Crippen molar-refractivity contribution >= 4 is 23.5 Å². The van der Waals surface area contributed by atoms with Gasteiger partial charge in [0.25, 0.3) is 0 Å². The summed E-state index contributed by atoms with van der Waals surface area (Å²) in [6.45, 7) is 2.91. The van der Waals surface area contributed by atoms with E-state index in [1.54, 1.807) is 12.4 Å². The van der Waals surface area contributed by atoms with Crippen LogP contribution in [0.25, 0.3) is 0 Å². The van der Waals surface area contributed by atoms with Crippen molar-refractivity contribution in [1.29, 1.82) is 0 Å². The Morgan fingerprint density at radius 3 is 2.80 bits per heavy atom. The van der Waals surface area contributed by atoms with Gasteiger partial charge in [0.2, 0.25) is 0 Å². The van der Waals surface area contributed by atoms with Crippen LogP contribution in [0.3, 0.4) is 0 Å². The summed E-state index contributed by atoms with van der Waals surface area (Å²) in [6.07, 6.45) is 8.14. The lowest BCUT2D eigenvalue weighted by Crippen LogP contribution is -2.39. The molecule has 3 rings (SSSR count). The highest BCUT2D eigenvalue weighted by atomic mass is 32.2. The van der Waals surface area contributed by atoms with Crippen LogP contribution in [0.15, 0.2) is 12.4 Å². The first-order valence-corrected chi connectivity index (χ1v) is 8.14. The fourth-order valence-corrected chi connectivity index (χ4v) is 3.62. The number of nitrogens with one attached hydrogen (secondary N) is 2. The molecule has 0 spiro atoms. The average molecular weight is 292 g/mol. The third-order valence-electron chi connectivity index (χ3n) is 3.80. The Balaban J connectivity index is 1.48. The summed E-state index contributed by atoms with van der Waals surface area (Å²) in [7, 11) is 0. The summed E-state index contributed by atoms with van der Waals surface area (Å²) >= 11 is 1.94. The summed E-state index contributed by atoms with van der Waals surface area (Å²) in [5, 5.41) is 5.72. The minimum absolute atomic E-state index is 0.179. The molecular weight excluding hydrogens is 272 g/mol. The molecule has 0 radical (unpaired) electrons. The number of rotatable bonds is 4. The molecule has 1 saturated heterocycles. The molecule has 2 fully saturated rings. The Hall–Kier alpha value is -1.30. The second kappa shape index (κ2) is 5.60. The van der Waals surface area contributed by atoms with Gasteiger partial charge < -0.3 is 10.6 Å². The maximum atomic E-state index is 11.9. The van der Waals surface area contributed by atoms with E-state index in [2.05, 4.69) is 27.5 Å². The number of hydrogen-bond donors (Lipinski definition) is 2. The first-order chi connectivity index (χ1) is 9.65. The predicted octanol–water partition coefficient (Wildman–Crippen LogP) is 2.76. The highest BCUT2D eigenvalue weighted by molar-refractivity contribution is 8.00. The number of amides is 2. The Morgan fingerprint density at radius 2 is 2.20 bits per heavy atom. The van der Waals surface area contributed by atoms with Crippen molar-refractivity contribution in [2.45, 2.75) is 43.3 Å². The van der Waals surface area contributed by atoms with Gasteiger partial charge in [-0.2, -0.15) is 11.8 Å². The number of thioether (sulfide) groups is 1. The SMILES string of the molecule is C[C@@]1(CNC(=O)Nc2cnc(C3CC3)nc2)CCCS1. The second-order valence-corrected chi connectivity index (χ2v) is 7.50. The average Bonchev–Trinajstić information content (AvgIpc) is 3.20. The van der Waals surface area contributed by atoms with Gasteiger partial charge in [-0.3, -0.25) is 0 Å². The molecule has 2 heterocycles. The van der Waals surface area contributed by atoms with Crippen LogP contribution in [0.4, 0.5) is 10.5 Å². The van der Waals surface area contributed by atoms with Crippen molar-refractivity contribution in [2.75, 3.05) is 17.6 Å². The summed E-state index contributed by atoms with van der Waals surface area (Å²) in [4.78, 5) is 20.4. The number of carbonyl (C=O) groups is 1. The number of anilines is 1. The maximum absolute atomic E-state index is 11.9. The van der Waals surface area contributed by atoms with Gasteiger partial charge in [-0.1, -0.05) is 0 Å². The molecule has 20 heavy (non-hydrogen) atoms. The molecule has 2 N–H and O–H groups in total. The Kier molecular flexibility index (Phi) is 3.83. The molecule has 2 aliphatic rings. The number of nitrogens with zero attached hydrogens (tertiary/aromatic N) is 2. The first-order valence-electron chi connectivity index (χ1n) is 7.15. The molecule has 6 heteroatoms. The van der Waals surface area contributed by atoms with Crippen LogP contribution in [-0.2, 0) is 0 Å². The van der Waals surface area contributed by atoms with E-state index in [-0.39, 0.29) is 10.8 Å². The molecular formula is C14H20N4OS. The predicted molar refractivity (Wildman–Crippen MR) is 81.1 cm³/mol. The standard InChI is InChI=1S/C14H20N4OS/c1-14(5-2-6-20-14)9-17-13(19)18-11-7-15-12(16-8-11)10-3-4-10/h7-8,10H,2-6,9H2,1H3,(H2,17,18,19)/t14-/m0/s1. The van der Waals surface area contributed by atoms with Gasteiger partial charge in [0.05, 0.1) is 18.1 Å². The highest BCUT2D eigenvalue weighted by Gasteiger charge is 2.29. The van der Waals surface area contributed by atoms with E-state index in [4.69, 9.17) is 0 Å². The minimum Gasteiger partial charge on any atom is -0.336 e. The maximum Gasteiger partial charge on any atom is 0.319 e. The Bertz CT molecular complexity index is 480. The second-order valence-electron chi connectivity index (χ2n) is 5.81. The van der Waals surface area contributed by atoms with Gasteiger partial charge in [0.1, 0.15) is 5.82 Å². The van der Waals surface area contributed by atoms with Crippen LogP contribution in [0.5, 0.6) is 0 Å². The van der Waals surface area contributed by atoms with Crippen LogP contribution < -0.4 is 10.6 Å². The van der Waals surface area contributed by atoms with Gasteiger partial charge in [-0.05, 0) is 38.4 Å². The Labute approximate surface area is 123 Å². The first kappa shape index (κ1) is 13.7. The summed E-state index contributed by atoms with van der Waals surface area (Å²) in [5.74, 6) is 2.62. The molecule has 0 aromatic carbocycles. The molecule has 108 valence electrons. The molecule has 0 bridgehead atoms. The van der Waals surface area contributed by atoms with Crippen molar-refractivity contribution in [3.63, 3.8) is 0 Å². The van der Waals surface area contributed by atoms with Crippen LogP contribution in [-0.4, -0.2) is 33.0 Å². The molecule has 1 saturated carbocycles. The van der Waals surface area contributed by atoms with Crippen molar-refractivity contribution in [3.05, 3.63) is 18.2 Å².